The zero-order chi connectivity index (χ0) is 22.8. The second kappa shape index (κ2) is 9.30. The van der Waals surface area contributed by atoms with Gasteiger partial charge in [0.15, 0.2) is 0 Å². The third-order valence-corrected chi connectivity index (χ3v) is 6.79. The Morgan fingerprint density at radius 3 is 2.66 bits per heavy atom. The number of pyridine rings is 1. The van der Waals surface area contributed by atoms with Crippen molar-refractivity contribution in [2.24, 2.45) is 11.8 Å². The summed E-state index contributed by atoms with van der Waals surface area (Å²) >= 11 is 0. The molecule has 8 nitrogen and oxygen atoms in total. The van der Waals surface area contributed by atoms with Crippen molar-refractivity contribution in [3.05, 3.63) is 35.8 Å². The lowest BCUT2D eigenvalue weighted by atomic mass is 9.98. The zero-order valence-electron chi connectivity index (χ0n) is 19.5. The molecule has 2 saturated heterocycles. The normalized spacial score (nSPS) is 20.9. The SMILES string of the molecule is CCn1ncc(C(=O)N2C[C@H]3CCCCN(c4ccc(NC(=O)C(C)C)cn4)[C@H]3C2)c1C. The van der Waals surface area contributed by atoms with E-state index in [9.17, 15) is 9.59 Å². The quantitative estimate of drug-likeness (QED) is 0.774. The number of hydrogen-bond donors (Lipinski definition) is 1. The Morgan fingerprint density at radius 1 is 1.19 bits per heavy atom. The Bertz CT molecular complexity index is 967. The van der Waals surface area contributed by atoms with Crippen molar-refractivity contribution in [2.45, 2.75) is 59.5 Å². The van der Waals surface area contributed by atoms with E-state index in [4.69, 9.17) is 0 Å². The molecule has 0 unspecified atom stereocenters. The molecular formula is C24H34N6O2. The van der Waals surface area contributed by atoms with Gasteiger partial charge in [-0.1, -0.05) is 20.3 Å². The number of carbonyl (C=O) groups excluding carboxylic acids is 2. The fourth-order valence-corrected chi connectivity index (χ4v) is 4.86. The first kappa shape index (κ1) is 22.3. The lowest BCUT2D eigenvalue weighted by molar-refractivity contribution is -0.118. The van der Waals surface area contributed by atoms with Gasteiger partial charge in [-0.3, -0.25) is 14.3 Å². The van der Waals surface area contributed by atoms with Crippen molar-refractivity contribution in [3.8, 4) is 0 Å². The number of rotatable bonds is 5. The van der Waals surface area contributed by atoms with Gasteiger partial charge in [0.05, 0.1) is 29.7 Å². The lowest BCUT2D eigenvalue weighted by Gasteiger charge is -2.31. The molecule has 0 bridgehead atoms. The van der Waals surface area contributed by atoms with Gasteiger partial charge in [0.2, 0.25) is 5.91 Å². The molecule has 2 aromatic rings. The summed E-state index contributed by atoms with van der Waals surface area (Å²) < 4.78 is 1.87. The number of aromatic nitrogens is 3. The van der Waals surface area contributed by atoms with Crippen LogP contribution in [0.2, 0.25) is 0 Å². The lowest BCUT2D eigenvalue weighted by Crippen LogP contribution is -2.41. The van der Waals surface area contributed by atoms with Crippen LogP contribution in [0.1, 0.15) is 56.1 Å². The van der Waals surface area contributed by atoms with Crippen molar-refractivity contribution in [3.63, 3.8) is 0 Å². The van der Waals surface area contributed by atoms with Crippen molar-refractivity contribution in [1.82, 2.24) is 19.7 Å². The maximum atomic E-state index is 13.3. The molecule has 2 atom stereocenters. The smallest absolute Gasteiger partial charge is 0.257 e. The maximum absolute atomic E-state index is 13.3. The number of anilines is 2. The van der Waals surface area contributed by atoms with Crippen LogP contribution in [0.15, 0.2) is 24.5 Å². The summed E-state index contributed by atoms with van der Waals surface area (Å²) in [5.74, 6) is 1.34. The average molecular weight is 439 g/mol. The van der Waals surface area contributed by atoms with Gasteiger partial charge in [-0.2, -0.15) is 5.10 Å². The summed E-state index contributed by atoms with van der Waals surface area (Å²) in [5.41, 5.74) is 2.35. The maximum Gasteiger partial charge on any atom is 0.257 e. The number of likely N-dealkylation sites (tertiary alicyclic amines) is 1. The molecule has 8 heteroatoms. The third-order valence-electron chi connectivity index (χ3n) is 6.79. The molecule has 4 rings (SSSR count). The number of amides is 2. The minimum absolute atomic E-state index is 0.0129. The van der Waals surface area contributed by atoms with Crippen LogP contribution in [0.3, 0.4) is 0 Å². The molecule has 2 amide bonds. The van der Waals surface area contributed by atoms with Crippen molar-refractivity contribution >= 4 is 23.3 Å². The van der Waals surface area contributed by atoms with Crippen LogP contribution >= 0.6 is 0 Å². The van der Waals surface area contributed by atoms with E-state index in [1.807, 2.05) is 49.4 Å². The molecule has 2 aromatic heterocycles. The number of hydrogen-bond acceptors (Lipinski definition) is 5. The van der Waals surface area contributed by atoms with Crippen LogP contribution in [0, 0.1) is 18.8 Å². The number of nitrogens with one attached hydrogen (secondary N) is 1. The van der Waals surface area contributed by atoms with E-state index in [2.05, 4.69) is 20.3 Å². The number of aryl methyl sites for hydroxylation is 1. The molecule has 0 aliphatic carbocycles. The molecule has 0 radical (unpaired) electrons. The molecular weight excluding hydrogens is 404 g/mol. The minimum Gasteiger partial charge on any atom is -0.352 e. The highest BCUT2D eigenvalue weighted by atomic mass is 16.2. The Balaban J connectivity index is 1.50. The Hall–Kier alpha value is -2.90. The first-order valence-electron chi connectivity index (χ1n) is 11.7. The second-order valence-electron chi connectivity index (χ2n) is 9.24. The summed E-state index contributed by atoms with van der Waals surface area (Å²) in [6.07, 6.45) is 6.85. The summed E-state index contributed by atoms with van der Waals surface area (Å²) in [5, 5.41) is 7.25. The fraction of sp³-hybridized carbons (Fsp3) is 0.583. The molecule has 0 aromatic carbocycles. The van der Waals surface area contributed by atoms with E-state index in [1.165, 1.54) is 0 Å². The molecule has 2 fully saturated rings. The first-order valence-corrected chi connectivity index (χ1v) is 11.7. The summed E-state index contributed by atoms with van der Waals surface area (Å²) in [6, 6.07) is 4.16. The summed E-state index contributed by atoms with van der Waals surface area (Å²) in [7, 11) is 0. The van der Waals surface area contributed by atoms with E-state index in [0.29, 0.717) is 23.7 Å². The van der Waals surface area contributed by atoms with Gasteiger partial charge >= 0.3 is 0 Å². The van der Waals surface area contributed by atoms with Gasteiger partial charge in [-0.25, -0.2) is 4.98 Å². The predicted octanol–water partition coefficient (Wildman–Crippen LogP) is 3.33. The van der Waals surface area contributed by atoms with Crippen LogP contribution in [-0.4, -0.2) is 57.2 Å². The third kappa shape index (κ3) is 4.36. The van der Waals surface area contributed by atoms with Crippen LogP contribution in [0.25, 0.3) is 0 Å². The van der Waals surface area contributed by atoms with Crippen LogP contribution in [-0.2, 0) is 11.3 Å². The molecule has 172 valence electrons. The Morgan fingerprint density at radius 2 is 2.00 bits per heavy atom. The van der Waals surface area contributed by atoms with Crippen molar-refractivity contribution < 1.29 is 9.59 Å². The zero-order valence-corrected chi connectivity index (χ0v) is 19.5. The summed E-state index contributed by atoms with van der Waals surface area (Å²) in [4.78, 5) is 34.3. The van der Waals surface area contributed by atoms with Gasteiger partial charge in [-0.05, 0) is 44.7 Å². The second-order valence-corrected chi connectivity index (χ2v) is 9.24. The first-order chi connectivity index (χ1) is 15.4. The summed E-state index contributed by atoms with van der Waals surface area (Å²) in [6.45, 7) is 10.9. The Kier molecular flexibility index (Phi) is 6.48. The minimum atomic E-state index is -0.0730. The van der Waals surface area contributed by atoms with E-state index in [1.54, 1.807) is 12.4 Å². The van der Waals surface area contributed by atoms with Crippen molar-refractivity contribution in [2.75, 3.05) is 29.9 Å². The van der Waals surface area contributed by atoms with Crippen LogP contribution in [0.4, 0.5) is 11.5 Å². The average Bonchev–Trinajstić information content (AvgIpc) is 3.31. The highest BCUT2D eigenvalue weighted by Crippen LogP contribution is 2.33. The van der Waals surface area contributed by atoms with Crippen LogP contribution in [0.5, 0.6) is 0 Å². The Labute approximate surface area is 190 Å². The molecule has 32 heavy (non-hydrogen) atoms. The van der Waals surface area contributed by atoms with E-state index >= 15 is 0 Å². The topological polar surface area (TPSA) is 83.4 Å². The highest BCUT2D eigenvalue weighted by molar-refractivity contribution is 5.95. The van der Waals surface area contributed by atoms with Gasteiger partial charge in [0.1, 0.15) is 5.82 Å². The molecule has 2 aliphatic rings. The highest BCUT2D eigenvalue weighted by Gasteiger charge is 2.40. The van der Waals surface area contributed by atoms with Gasteiger partial charge in [0, 0.05) is 37.8 Å². The van der Waals surface area contributed by atoms with Crippen LogP contribution < -0.4 is 10.2 Å². The monoisotopic (exact) mass is 438 g/mol. The standard InChI is InChI=1S/C24H34N6O2/c1-5-30-17(4)20(13-26-30)24(32)28-14-18-8-6-7-11-29(21(18)15-28)22-10-9-19(12-25-22)27-23(31)16(2)3/h9-10,12-13,16,18,21H,5-8,11,14-15H2,1-4H3,(H,27,31)/t18-,21+/m1/s1. The van der Waals surface area contributed by atoms with E-state index in [-0.39, 0.29) is 23.8 Å². The fourth-order valence-electron chi connectivity index (χ4n) is 4.86. The van der Waals surface area contributed by atoms with Gasteiger partial charge < -0.3 is 15.1 Å². The molecule has 4 heterocycles. The number of fused-ring (bicyclic) bond motifs is 1. The molecule has 0 spiro atoms. The number of nitrogens with zero attached hydrogens (tertiary/aromatic N) is 5. The largest absolute Gasteiger partial charge is 0.352 e. The van der Waals surface area contributed by atoms with Gasteiger partial charge in [0.25, 0.3) is 5.91 Å². The van der Waals surface area contributed by atoms with Gasteiger partial charge in [-0.15, -0.1) is 0 Å². The molecule has 2 aliphatic heterocycles. The van der Waals surface area contributed by atoms with Crippen molar-refractivity contribution in [1.29, 1.82) is 0 Å². The predicted molar refractivity (Wildman–Crippen MR) is 125 cm³/mol. The number of carbonyl (C=O) groups is 2. The molecule has 0 saturated carbocycles. The van der Waals surface area contributed by atoms with E-state index < -0.39 is 0 Å². The molecule has 1 N–H and O–H groups in total. The van der Waals surface area contributed by atoms with E-state index in [0.717, 1.165) is 50.4 Å².